The van der Waals surface area contributed by atoms with Gasteiger partial charge in [-0.3, -0.25) is 4.79 Å². The lowest BCUT2D eigenvalue weighted by Gasteiger charge is -2.10. The summed E-state index contributed by atoms with van der Waals surface area (Å²) in [7, 11) is -2.93. The molecule has 1 aromatic rings. The van der Waals surface area contributed by atoms with Crippen LogP contribution >= 0.6 is 0 Å². The quantitative estimate of drug-likeness (QED) is 0.874. The highest BCUT2D eigenvalue weighted by molar-refractivity contribution is 7.91. The Morgan fingerprint density at radius 3 is 2.90 bits per heavy atom. The van der Waals surface area contributed by atoms with Crippen LogP contribution in [0.25, 0.3) is 0 Å². The highest BCUT2D eigenvalue weighted by Gasteiger charge is 2.29. The Morgan fingerprint density at radius 2 is 2.24 bits per heavy atom. The molecule has 2 rings (SSSR count). The molecule has 116 valence electrons. The maximum Gasteiger partial charge on any atom is 0.224 e. The number of carbonyl (C=O) groups is 1. The predicted octanol–water partition coefficient (Wildman–Crippen LogP) is 2.24. The largest absolute Gasteiger partial charge is 0.494 e. The lowest BCUT2D eigenvalue weighted by molar-refractivity contribution is -0.116. The SMILES string of the molecule is CCCOc1cccc(NC(=O)C[C@@H]2CCS(=O)(=O)C2)c1. The van der Waals surface area contributed by atoms with Gasteiger partial charge in [0.2, 0.25) is 5.91 Å². The number of anilines is 1. The molecule has 1 fully saturated rings. The second-order valence-electron chi connectivity index (χ2n) is 5.40. The third-order valence-corrected chi connectivity index (χ3v) is 5.23. The van der Waals surface area contributed by atoms with E-state index in [9.17, 15) is 13.2 Å². The van der Waals surface area contributed by atoms with Crippen molar-refractivity contribution in [2.45, 2.75) is 26.2 Å². The third kappa shape index (κ3) is 5.04. The monoisotopic (exact) mass is 311 g/mol. The van der Waals surface area contributed by atoms with Gasteiger partial charge in [-0.25, -0.2) is 8.42 Å². The van der Waals surface area contributed by atoms with Gasteiger partial charge in [0.25, 0.3) is 0 Å². The first-order valence-electron chi connectivity index (χ1n) is 7.21. The minimum Gasteiger partial charge on any atom is -0.494 e. The first-order valence-corrected chi connectivity index (χ1v) is 9.04. The average molecular weight is 311 g/mol. The summed E-state index contributed by atoms with van der Waals surface area (Å²) in [4.78, 5) is 12.0. The number of ether oxygens (including phenoxy) is 1. The van der Waals surface area contributed by atoms with Crippen LogP contribution in [0.5, 0.6) is 5.75 Å². The summed E-state index contributed by atoms with van der Waals surface area (Å²) in [5, 5.41) is 2.80. The van der Waals surface area contributed by atoms with Crippen molar-refractivity contribution < 1.29 is 17.9 Å². The Kier molecular flexibility index (Phi) is 5.22. The van der Waals surface area contributed by atoms with E-state index in [0.29, 0.717) is 18.7 Å². The van der Waals surface area contributed by atoms with E-state index < -0.39 is 9.84 Å². The van der Waals surface area contributed by atoms with Crippen molar-refractivity contribution in [3.05, 3.63) is 24.3 Å². The van der Waals surface area contributed by atoms with E-state index in [-0.39, 0.29) is 29.8 Å². The molecule has 6 heteroatoms. The predicted molar refractivity (Wildman–Crippen MR) is 82.2 cm³/mol. The number of carbonyl (C=O) groups excluding carboxylic acids is 1. The summed E-state index contributed by atoms with van der Waals surface area (Å²) in [5.74, 6) is 0.836. The molecule has 1 saturated heterocycles. The van der Waals surface area contributed by atoms with E-state index in [0.717, 1.165) is 12.2 Å². The minimum atomic E-state index is -2.93. The molecule has 1 aliphatic rings. The van der Waals surface area contributed by atoms with E-state index in [2.05, 4.69) is 5.32 Å². The van der Waals surface area contributed by atoms with Gasteiger partial charge in [0.05, 0.1) is 18.1 Å². The maximum atomic E-state index is 12.0. The van der Waals surface area contributed by atoms with Crippen LogP contribution in [0.2, 0.25) is 0 Å². The van der Waals surface area contributed by atoms with Gasteiger partial charge in [0, 0.05) is 18.2 Å². The zero-order valence-corrected chi connectivity index (χ0v) is 13.0. The molecule has 0 spiro atoms. The molecule has 0 aliphatic carbocycles. The third-order valence-electron chi connectivity index (χ3n) is 3.39. The van der Waals surface area contributed by atoms with Crippen LogP contribution in [0.1, 0.15) is 26.2 Å². The summed E-state index contributed by atoms with van der Waals surface area (Å²) in [6.07, 6.45) is 1.75. The normalized spacial score (nSPS) is 20.1. The standard InChI is InChI=1S/C15H21NO4S/c1-2-7-20-14-5-3-4-13(10-14)16-15(17)9-12-6-8-21(18,19)11-12/h3-5,10,12H,2,6-9,11H2,1H3,(H,16,17)/t12-/m0/s1. The molecule has 21 heavy (non-hydrogen) atoms. The molecule has 1 heterocycles. The molecule has 1 amide bonds. The van der Waals surface area contributed by atoms with Crippen LogP contribution in [0, 0.1) is 5.92 Å². The molecule has 1 atom stereocenters. The van der Waals surface area contributed by atoms with Crippen molar-refractivity contribution in [3.8, 4) is 5.75 Å². The molecule has 0 saturated carbocycles. The van der Waals surface area contributed by atoms with Crippen molar-refractivity contribution in [1.82, 2.24) is 0 Å². The van der Waals surface area contributed by atoms with Gasteiger partial charge in [-0.05, 0) is 30.9 Å². The number of hydrogen-bond acceptors (Lipinski definition) is 4. The van der Waals surface area contributed by atoms with E-state index >= 15 is 0 Å². The summed E-state index contributed by atoms with van der Waals surface area (Å²) in [6.45, 7) is 2.67. The Hall–Kier alpha value is -1.56. The second-order valence-corrected chi connectivity index (χ2v) is 7.63. The summed E-state index contributed by atoms with van der Waals surface area (Å²) in [6, 6.07) is 7.23. The summed E-state index contributed by atoms with van der Waals surface area (Å²) >= 11 is 0. The van der Waals surface area contributed by atoms with Crippen molar-refractivity contribution in [3.63, 3.8) is 0 Å². The lowest BCUT2D eigenvalue weighted by Crippen LogP contribution is -2.17. The number of hydrogen-bond donors (Lipinski definition) is 1. The van der Waals surface area contributed by atoms with Crippen LogP contribution in [-0.2, 0) is 14.6 Å². The van der Waals surface area contributed by atoms with Crippen molar-refractivity contribution >= 4 is 21.4 Å². The number of nitrogens with one attached hydrogen (secondary N) is 1. The number of sulfone groups is 1. The van der Waals surface area contributed by atoms with Gasteiger partial charge in [-0.15, -0.1) is 0 Å². The fourth-order valence-electron chi connectivity index (χ4n) is 2.39. The molecule has 1 aromatic carbocycles. The second kappa shape index (κ2) is 6.93. The lowest BCUT2D eigenvalue weighted by atomic mass is 10.1. The van der Waals surface area contributed by atoms with Gasteiger partial charge in [0.1, 0.15) is 5.75 Å². The molecule has 5 nitrogen and oxygen atoms in total. The van der Waals surface area contributed by atoms with E-state index in [1.807, 2.05) is 19.1 Å². The molecular formula is C15H21NO4S. The van der Waals surface area contributed by atoms with Gasteiger partial charge in [0.15, 0.2) is 9.84 Å². The van der Waals surface area contributed by atoms with Gasteiger partial charge in [-0.2, -0.15) is 0 Å². The van der Waals surface area contributed by atoms with Crippen molar-refractivity contribution in [2.75, 3.05) is 23.4 Å². The van der Waals surface area contributed by atoms with Crippen LogP contribution < -0.4 is 10.1 Å². The Bertz CT molecular complexity index is 597. The highest BCUT2D eigenvalue weighted by atomic mass is 32.2. The molecule has 1 aliphatic heterocycles. The maximum absolute atomic E-state index is 12.0. The minimum absolute atomic E-state index is 0.0606. The first kappa shape index (κ1) is 15.8. The Balaban J connectivity index is 1.88. The van der Waals surface area contributed by atoms with E-state index in [1.54, 1.807) is 12.1 Å². The van der Waals surface area contributed by atoms with Crippen molar-refractivity contribution in [1.29, 1.82) is 0 Å². The molecule has 0 unspecified atom stereocenters. The fraction of sp³-hybridized carbons (Fsp3) is 0.533. The van der Waals surface area contributed by atoms with Crippen LogP contribution in [0.15, 0.2) is 24.3 Å². The van der Waals surface area contributed by atoms with Crippen LogP contribution in [0.3, 0.4) is 0 Å². The van der Waals surface area contributed by atoms with E-state index in [1.165, 1.54) is 0 Å². The summed E-state index contributed by atoms with van der Waals surface area (Å²) < 4.78 is 28.3. The van der Waals surface area contributed by atoms with Crippen molar-refractivity contribution in [2.24, 2.45) is 5.92 Å². The van der Waals surface area contributed by atoms with Gasteiger partial charge in [-0.1, -0.05) is 13.0 Å². The zero-order chi connectivity index (χ0) is 15.3. The van der Waals surface area contributed by atoms with Gasteiger partial charge < -0.3 is 10.1 Å². The number of benzene rings is 1. The summed E-state index contributed by atoms with van der Waals surface area (Å²) in [5.41, 5.74) is 0.675. The zero-order valence-electron chi connectivity index (χ0n) is 12.2. The fourth-order valence-corrected chi connectivity index (χ4v) is 4.25. The molecule has 0 radical (unpaired) electrons. The van der Waals surface area contributed by atoms with Gasteiger partial charge >= 0.3 is 0 Å². The number of rotatable bonds is 6. The first-order chi connectivity index (χ1) is 9.98. The molecule has 0 aromatic heterocycles. The molecular weight excluding hydrogens is 290 g/mol. The number of amides is 1. The van der Waals surface area contributed by atoms with Crippen LogP contribution in [0.4, 0.5) is 5.69 Å². The highest BCUT2D eigenvalue weighted by Crippen LogP contribution is 2.23. The smallest absolute Gasteiger partial charge is 0.224 e. The Labute approximate surface area is 125 Å². The molecule has 1 N–H and O–H groups in total. The van der Waals surface area contributed by atoms with E-state index in [4.69, 9.17) is 4.74 Å². The Morgan fingerprint density at radius 1 is 1.43 bits per heavy atom. The molecule has 0 bridgehead atoms. The van der Waals surface area contributed by atoms with Crippen LogP contribution in [-0.4, -0.2) is 32.4 Å². The topological polar surface area (TPSA) is 72.5 Å². The average Bonchev–Trinajstić information content (AvgIpc) is 2.75.